The third kappa shape index (κ3) is 1.69. The fourth-order valence-electron chi connectivity index (χ4n) is 1.62. The Kier molecular flexibility index (Phi) is 2.35. The number of carbonyl (C=O) groups is 1. The molecule has 0 atom stereocenters. The lowest BCUT2D eigenvalue weighted by Crippen LogP contribution is -2.23. The number of hydrogen-bond acceptors (Lipinski definition) is 2. The van der Waals surface area contributed by atoms with Gasteiger partial charge in [0, 0.05) is 31.8 Å². The van der Waals surface area contributed by atoms with Gasteiger partial charge in [-0.25, -0.2) is 0 Å². The summed E-state index contributed by atoms with van der Waals surface area (Å²) in [6, 6.07) is 9.82. The summed E-state index contributed by atoms with van der Waals surface area (Å²) in [5.74, 6) is 0.245. The van der Waals surface area contributed by atoms with Gasteiger partial charge in [-0.05, 0) is 5.56 Å². The number of Topliss-reactive ketones (excluding diaryl/α,β-unsaturated/α-hetero) is 1. The molecule has 1 aromatic rings. The average Bonchev–Trinajstić information content (AvgIpc) is 2.23. The van der Waals surface area contributed by atoms with Crippen LogP contribution in [0.25, 0.3) is 5.57 Å². The fraction of sp³-hybridized carbons (Fsp3) is 0.250. The number of rotatable bonds is 1. The molecular formula is C12H13NO. The van der Waals surface area contributed by atoms with E-state index in [1.807, 2.05) is 43.6 Å². The molecule has 0 saturated carbocycles. The van der Waals surface area contributed by atoms with E-state index in [1.54, 1.807) is 0 Å². The standard InChI is InChI=1S/C12H13NO/c1-13-8-7-12(14)11(9-13)10-5-3-2-4-6-10/h2-6,9H,7-8H2,1H3. The van der Waals surface area contributed by atoms with Crippen LogP contribution in [0.15, 0.2) is 36.5 Å². The van der Waals surface area contributed by atoms with Crippen LogP contribution in [-0.2, 0) is 4.79 Å². The highest BCUT2D eigenvalue weighted by atomic mass is 16.1. The summed E-state index contributed by atoms with van der Waals surface area (Å²) in [4.78, 5) is 13.7. The average molecular weight is 187 g/mol. The van der Waals surface area contributed by atoms with Crippen molar-refractivity contribution in [3.8, 4) is 0 Å². The second-order valence-corrected chi connectivity index (χ2v) is 3.56. The van der Waals surface area contributed by atoms with Crippen LogP contribution in [0.2, 0.25) is 0 Å². The summed E-state index contributed by atoms with van der Waals surface area (Å²) in [6.45, 7) is 0.829. The van der Waals surface area contributed by atoms with E-state index in [0.29, 0.717) is 6.42 Å². The number of hydrogen-bond donors (Lipinski definition) is 0. The first kappa shape index (κ1) is 9.00. The summed E-state index contributed by atoms with van der Waals surface area (Å²) < 4.78 is 0. The highest BCUT2D eigenvalue weighted by molar-refractivity contribution is 6.21. The molecule has 0 amide bonds. The molecule has 1 aliphatic rings. The van der Waals surface area contributed by atoms with E-state index in [0.717, 1.165) is 17.7 Å². The highest BCUT2D eigenvalue weighted by Crippen LogP contribution is 2.20. The van der Waals surface area contributed by atoms with Gasteiger partial charge in [-0.1, -0.05) is 30.3 Å². The molecule has 72 valence electrons. The summed E-state index contributed by atoms with van der Waals surface area (Å²) in [5.41, 5.74) is 1.85. The Labute approximate surface area is 83.8 Å². The quantitative estimate of drug-likeness (QED) is 0.669. The van der Waals surface area contributed by atoms with E-state index in [2.05, 4.69) is 4.90 Å². The molecule has 1 aromatic carbocycles. The van der Waals surface area contributed by atoms with E-state index >= 15 is 0 Å². The molecule has 14 heavy (non-hydrogen) atoms. The Morgan fingerprint density at radius 1 is 1.21 bits per heavy atom. The minimum absolute atomic E-state index is 0.245. The van der Waals surface area contributed by atoms with Gasteiger partial charge >= 0.3 is 0 Å². The van der Waals surface area contributed by atoms with E-state index in [-0.39, 0.29) is 5.78 Å². The van der Waals surface area contributed by atoms with Crippen molar-refractivity contribution in [3.05, 3.63) is 42.1 Å². The van der Waals surface area contributed by atoms with Gasteiger partial charge in [0.2, 0.25) is 0 Å². The molecule has 0 radical (unpaired) electrons. The third-order valence-electron chi connectivity index (χ3n) is 2.43. The zero-order valence-corrected chi connectivity index (χ0v) is 8.23. The van der Waals surface area contributed by atoms with Crippen LogP contribution in [-0.4, -0.2) is 24.3 Å². The van der Waals surface area contributed by atoms with E-state index in [1.165, 1.54) is 0 Å². The normalized spacial score (nSPS) is 16.8. The summed E-state index contributed by atoms with van der Waals surface area (Å²) in [5, 5.41) is 0. The molecule has 1 heterocycles. The molecule has 0 unspecified atom stereocenters. The minimum atomic E-state index is 0.245. The number of nitrogens with zero attached hydrogens (tertiary/aromatic N) is 1. The monoisotopic (exact) mass is 187 g/mol. The first-order chi connectivity index (χ1) is 6.77. The van der Waals surface area contributed by atoms with E-state index in [4.69, 9.17) is 0 Å². The van der Waals surface area contributed by atoms with Crippen molar-refractivity contribution in [2.24, 2.45) is 0 Å². The first-order valence-corrected chi connectivity index (χ1v) is 4.78. The molecule has 2 heteroatoms. The molecule has 0 fully saturated rings. The van der Waals surface area contributed by atoms with Crippen LogP contribution in [0.5, 0.6) is 0 Å². The van der Waals surface area contributed by atoms with Crippen LogP contribution >= 0.6 is 0 Å². The molecule has 2 rings (SSSR count). The predicted molar refractivity (Wildman–Crippen MR) is 56.7 cm³/mol. The summed E-state index contributed by atoms with van der Waals surface area (Å²) in [6.07, 6.45) is 2.55. The lowest BCUT2D eigenvalue weighted by Gasteiger charge is -2.21. The van der Waals surface area contributed by atoms with Crippen LogP contribution in [0.3, 0.4) is 0 Å². The van der Waals surface area contributed by atoms with Gasteiger partial charge in [-0.15, -0.1) is 0 Å². The van der Waals surface area contributed by atoms with Crippen molar-refractivity contribution in [1.82, 2.24) is 4.90 Å². The molecule has 0 spiro atoms. The zero-order chi connectivity index (χ0) is 9.97. The molecule has 0 aliphatic carbocycles. The Bertz CT molecular complexity index is 367. The van der Waals surface area contributed by atoms with Gasteiger partial charge in [-0.3, -0.25) is 4.79 Å². The van der Waals surface area contributed by atoms with Gasteiger partial charge in [0.15, 0.2) is 5.78 Å². The molecule has 2 nitrogen and oxygen atoms in total. The van der Waals surface area contributed by atoms with Crippen LogP contribution in [0.4, 0.5) is 0 Å². The van der Waals surface area contributed by atoms with Crippen molar-refractivity contribution in [2.45, 2.75) is 6.42 Å². The van der Waals surface area contributed by atoms with Crippen molar-refractivity contribution in [1.29, 1.82) is 0 Å². The van der Waals surface area contributed by atoms with E-state index in [9.17, 15) is 4.79 Å². The third-order valence-corrected chi connectivity index (χ3v) is 2.43. The van der Waals surface area contributed by atoms with Crippen LogP contribution in [0.1, 0.15) is 12.0 Å². The smallest absolute Gasteiger partial charge is 0.166 e. The predicted octanol–water partition coefficient (Wildman–Crippen LogP) is 1.93. The number of ketones is 1. The van der Waals surface area contributed by atoms with Gasteiger partial charge in [0.05, 0.1) is 0 Å². The SMILES string of the molecule is CN1C=C(c2ccccc2)C(=O)CC1. The van der Waals surface area contributed by atoms with Crippen LogP contribution < -0.4 is 0 Å². The maximum atomic E-state index is 11.6. The van der Waals surface area contributed by atoms with Gasteiger partial charge in [0.25, 0.3) is 0 Å². The van der Waals surface area contributed by atoms with E-state index < -0.39 is 0 Å². The molecule has 1 aliphatic heterocycles. The molecular weight excluding hydrogens is 174 g/mol. The molecule has 0 bridgehead atoms. The number of benzene rings is 1. The molecule has 0 aromatic heterocycles. The van der Waals surface area contributed by atoms with Crippen molar-refractivity contribution in [3.63, 3.8) is 0 Å². The second kappa shape index (κ2) is 3.66. The molecule has 0 saturated heterocycles. The highest BCUT2D eigenvalue weighted by Gasteiger charge is 2.17. The van der Waals surface area contributed by atoms with Crippen molar-refractivity contribution >= 4 is 11.4 Å². The lowest BCUT2D eigenvalue weighted by molar-refractivity contribution is -0.114. The maximum Gasteiger partial charge on any atom is 0.166 e. The Morgan fingerprint density at radius 3 is 2.64 bits per heavy atom. The summed E-state index contributed by atoms with van der Waals surface area (Å²) in [7, 11) is 2.00. The maximum absolute atomic E-state index is 11.6. The Morgan fingerprint density at radius 2 is 1.93 bits per heavy atom. The number of carbonyl (C=O) groups excluding carboxylic acids is 1. The minimum Gasteiger partial charge on any atom is -0.379 e. The first-order valence-electron chi connectivity index (χ1n) is 4.78. The molecule has 0 N–H and O–H groups in total. The van der Waals surface area contributed by atoms with Gasteiger partial charge in [-0.2, -0.15) is 0 Å². The van der Waals surface area contributed by atoms with Crippen LogP contribution in [0, 0.1) is 0 Å². The Hall–Kier alpha value is -1.57. The lowest BCUT2D eigenvalue weighted by atomic mass is 9.98. The van der Waals surface area contributed by atoms with Crippen molar-refractivity contribution < 1.29 is 4.79 Å². The number of allylic oxidation sites excluding steroid dienone is 1. The fourth-order valence-corrected chi connectivity index (χ4v) is 1.62. The Balaban J connectivity index is 2.38. The largest absolute Gasteiger partial charge is 0.379 e. The second-order valence-electron chi connectivity index (χ2n) is 3.56. The zero-order valence-electron chi connectivity index (χ0n) is 8.23. The summed E-state index contributed by atoms with van der Waals surface area (Å²) >= 11 is 0. The van der Waals surface area contributed by atoms with Crippen molar-refractivity contribution in [2.75, 3.05) is 13.6 Å². The van der Waals surface area contributed by atoms with Gasteiger partial charge in [0.1, 0.15) is 0 Å². The van der Waals surface area contributed by atoms with Gasteiger partial charge < -0.3 is 4.90 Å². The topological polar surface area (TPSA) is 20.3 Å².